The van der Waals surface area contributed by atoms with Gasteiger partial charge in [0.05, 0.1) is 11.5 Å². The van der Waals surface area contributed by atoms with E-state index in [1.807, 2.05) is 13.8 Å². The summed E-state index contributed by atoms with van der Waals surface area (Å²) >= 11 is 0. The number of hydrogen-bond acceptors (Lipinski definition) is 3. The number of nitrogens with one attached hydrogen (secondary N) is 1. The second kappa shape index (κ2) is 6.09. The Morgan fingerprint density at radius 3 is 2.67 bits per heavy atom. The Bertz CT molecular complexity index is 214. The minimum Gasteiger partial charge on any atom is -0.381 e. The fraction of sp³-hybridized carbons (Fsp3) is 0.917. The molecule has 0 spiro atoms. The highest BCUT2D eigenvalue weighted by Gasteiger charge is 2.17. The van der Waals surface area contributed by atoms with Gasteiger partial charge in [-0.25, -0.2) is 0 Å². The lowest BCUT2D eigenvalue weighted by Crippen LogP contribution is -2.30. The van der Waals surface area contributed by atoms with E-state index in [-0.39, 0.29) is 5.41 Å². The number of nitriles is 1. The molecule has 1 aliphatic rings. The predicted octanol–water partition coefficient (Wildman–Crippen LogP) is 1.94. The summed E-state index contributed by atoms with van der Waals surface area (Å²) in [5.74, 6) is 0.768. The van der Waals surface area contributed by atoms with E-state index < -0.39 is 0 Å². The number of rotatable bonds is 5. The molecule has 1 N–H and O–H groups in total. The first-order valence-corrected chi connectivity index (χ1v) is 5.84. The maximum absolute atomic E-state index is 8.85. The van der Waals surface area contributed by atoms with Crippen LogP contribution in [-0.4, -0.2) is 26.3 Å². The topological polar surface area (TPSA) is 45.0 Å². The quantitative estimate of drug-likeness (QED) is 0.705. The molecule has 0 atom stereocenters. The molecule has 1 rings (SSSR count). The van der Waals surface area contributed by atoms with Crippen molar-refractivity contribution >= 4 is 0 Å². The van der Waals surface area contributed by atoms with Crippen LogP contribution in [0.3, 0.4) is 0 Å². The Labute approximate surface area is 92.8 Å². The van der Waals surface area contributed by atoms with E-state index in [2.05, 4.69) is 11.4 Å². The molecule has 1 fully saturated rings. The van der Waals surface area contributed by atoms with Gasteiger partial charge in [-0.15, -0.1) is 0 Å². The van der Waals surface area contributed by atoms with E-state index in [0.717, 1.165) is 38.6 Å². The van der Waals surface area contributed by atoms with Crippen LogP contribution < -0.4 is 5.32 Å². The number of ether oxygens (including phenoxy) is 1. The molecule has 3 heteroatoms. The largest absolute Gasteiger partial charge is 0.381 e. The maximum atomic E-state index is 8.85. The van der Waals surface area contributed by atoms with Crippen molar-refractivity contribution in [1.82, 2.24) is 5.32 Å². The molecule has 0 unspecified atom stereocenters. The van der Waals surface area contributed by atoms with Gasteiger partial charge >= 0.3 is 0 Å². The first kappa shape index (κ1) is 12.5. The van der Waals surface area contributed by atoms with Gasteiger partial charge in [0.25, 0.3) is 0 Å². The standard InChI is InChI=1S/C12H22N2O/c1-12(2,10-13)5-6-14-9-11-3-7-15-8-4-11/h11,14H,3-9H2,1-2H3. The van der Waals surface area contributed by atoms with Crippen molar-refractivity contribution in [3.63, 3.8) is 0 Å². The van der Waals surface area contributed by atoms with Gasteiger partial charge in [0.2, 0.25) is 0 Å². The fourth-order valence-corrected chi connectivity index (χ4v) is 1.71. The monoisotopic (exact) mass is 210 g/mol. The van der Waals surface area contributed by atoms with Crippen molar-refractivity contribution in [3.05, 3.63) is 0 Å². The summed E-state index contributed by atoms with van der Waals surface area (Å²) in [5, 5.41) is 12.3. The minimum atomic E-state index is -0.192. The molecule has 0 radical (unpaired) electrons. The van der Waals surface area contributed by atoms with Gasteiger partial charge in [-0.05, 0) is 52.1 Å². The highest BCUT2D eigenvalue weighted by atomic mass is 16.5. The Hall–Kier alpha value is -0.590. The molecule has 0 saturated carbocycles. The molecule has 1 aliphatic heterocycles. The normalized spacial score (nSPS) is 18.7. The van der Waals surface area contributed by atoms with E-state index in [1.54, 1.807) is 0 Å². The van der Waals surface area contributed by atoms with E-state index in [9.17, 15) is 0 Å². The highest BCUT2D eigenvalue weighted by Crippen LogP contribution is 2.18. The van der Waals surface area contributed by atoms with Crippen molar-refractivity contribution in [2.75, 3.05) is 26.3 Å². The molecule has 0 aromatic carbocycles. The summed E-state index contributed by atoms with van der Waals surface area (Å²) in [6, 6.07) is 2.32. The van der Waals surface area contributed by atoms with Gasteiger partial charge in [0.1, 0.15) is 0 Å². The Morgan fingerprint density at radius 1 is 1.40 bits per heavy atom. The molecule has 1 heterocycles. The zero-order chi connectivity index (χ0) is 11.1. The lowest BCUT2D eigenvalue weighted by Gasteiger charge is -2.23. The van der Waals surface area contributed by atoms with Crippen molar-refractivity contribution in [1.29, 1.82) is 5.26 Å². The zero-order valence-electron chi connectivity index (χ0n) is 9.88. The molecule has 0 aliphatic carbocycles. The SMILES string of the molecule is CC(C)(C#N)CCNCC1CCOCC1. The Balaban J connectivity index is 2.04. The molecule has 0 amide bonds. The number of hydrogen-bond donors (Lipinski definition) is 1. The maximum Gasteiger partial charge on any atom is 0.0684 e. The Kier molecular flexibility index (Phi) is 5.07. The predicted molar refractivity (Wildman–Crippen MR) is 60.4 cm³/mol. The third-order valence-electron chi connectivity index (χ3n) is 3.00. The fourth-order valence-electron chi connectivity index (χ4n) is 1.71. The van der Waals surface area contributed by atoms with Gasteiger partial charge in [-0.1, -0.05) is 0 Å². The molecule has 3 nitrogen and oxygen atoms in total. The highest BCUT2D eigenvalue weighted by molar-refractivity contribution is 4.91. The van der Waals surface area contributed by atoms with Crippen molar-refractivity contribution in [2.24, 2.45) is 11.3 Å². The van der Waals surface area contributed by atoms with Crippen LogP contribution in [0.2, 0.25) is 0 Å². The van der Waals surface area contributed by atoms with Crippen LogP contribution >= 0.6 is 0 Å². The van der Waals surface area contributed by atoms with Gasteiger partial charge < -0.3 is 10.1 Å². The van der Waals surface area contributed by atoms with Crippen LogP contribution in [0, 0.1) is 22.7 Å². The average Bonchev–Trinajstić information content (AvgIpc) is 2.26. The lowest BCUT2D eigenvalue weighted by molar-refractivity contribution is 0.0662. The average molecular weight is 210 g/mol. The lowest BCUT2D eigenvalue weighted by atomic mass is 9.91. The molecule has 0 aromatic rings. The van der Waals surface area contributed by atoms with Gasteiger partial charge in [0.15, 0.2) is 0 Å². The van der Waals surface area contributed by atoms with Crippen molar-refractivity contribution < 1.29 is 4.74 Å². The van der Waals surface area contributed by atoms with E-state index in [4.69, 9.17) is 10.00 Å². The summed E-state index contributed by atoms with van der Waals surface area (Å²) in [4.78, 5) is 0. The van der Waals surface area contributed by atoms with Crippen LogP contribution in [0.4, 0.5) is 0 Å². The van der Waals surface area contributed by atoms with Crippen LogP contribution in [-0.2, 0) is 4.74 Å². The van der Waals surface area contributed by atoms with Crippen molar-refractivity contribution in [2.45, 2.75) is 33.1 Å². The van der Waals surface area contributed by atoms with E-state index in [1.165, 1.54) is 12.8 Å². The second-order valence-corrected chi connectivity index (χ2v) is 5.01. The third-order valence-corrected chi connectivity index (χ3v) is 3.00. The molecule has 1 saturated heterocycles. The first-order valence-electron chi connectivity index (χ1n) is 5.84. The van der Waals surface area contributed by atoms with Crippen molar-refractivity contribution in [3.8, 4) is 6.07 Å². The third kappa shape index (κ3) is 5.15. The van der Waals surface area contributed by atoms with E-state index in [0.29, 0.717) is 0 Å². The summed E-state index contributed by atoms with van der Waals surface area (Å²) in [6.07, 6.45) is 3.27. The minimum absolute atomic E-state index is 0.192. The van der Waals surface area contributed by atoms with Crippen LogP contribution in [0.5, 0.6) is 0 Å². The van der Waals surface area contributed by atoms with Gasteiger partial charge in [0, 0.05) is 13.2 Å². The molecule has 15 heavy (non-hydrogen) atoms. The summed E-state index contributed by atoms with van der Waals surface area (Å²) < 4.78 is 5.31. The summed E-state index contributed by atoms with van der Waals surface area (Å²) in [6.45, 7) is 7.82. The van der Waals surface area contributed by atoms with E-state index >= 15 is 0 Å². The molecule has 86 valence electrons. The summed E-state index contributed by atoms with van der Waals surface area (Å²) in [5.41, 5.74) is -0.192. The van der Waals surface area contributed by atoms with Crippen LogP contribution in [0.1, 0.15) is 33.1 Å². The Morgan fingerprint density at radius 2 is 2.07 bits per heavy atom. The second-order valence-electron chi connectivity index (χ2n) is 5.01. The molecule has 0 bridgehead atoms. The first-order chi connectivity index (χ1) is 7.14. The molecular formula is C12H22N2O. The molecule has 0 aromatic heterocycles. The van der Waals surface area contributed by atoms with Crippen LogP contribution in [0.15, 0.2) is 0 Å². The van der Waals surface area contributed by atoms with Gasteiger partial charge in [-0.3, -0.25) is 0 Å². The van der Waals surface area contributed by atoms with Crippen LogP contribution in [0.25, 0.3) is 0 Å². The molecular weight excluding hydrogens is 188 g/mol. The summed E-state index contributed by atoms with van der Waals surface area (Å²) in [7, 11) is 0. The smallest absolute Gasteiger partial charge is 0.0684 e. The zero-order valence-corrected chi connectivity index (χ0v) is 9.88. The van der Waals surface area contributed by atoms with Gasteiger partial charge in [-0.2, -0.15) is 5.26 Å². The number of nitrogens with zero attached hydrogens (tertiary/aromatic N) is 1.